The number of nitrogens with zero attached hydrogens (tertiary/aromatic N) is 5. The molecule has 2 atom stereocenters. The summed E-state index contributed by atoms with van der Waals surface area (Å²) in [5, 5.41) is 15.1. The fraction of sp³-hybridized carbons (Fsp3) is 0.533. The summed E-state index contributed by atoms with van der Waals surface area (Å²) in [5.74, 6) is -0.0156. The number of anilines is 2. The second-order valence-corrected chi connectivity index (χ2v) is 12.6. The summed E-state index contributed by atoms with van der Waals surface area (Å²) in [4.78, 5) is 34.0. The normalized spacial score (nSPS) is 20.1. The lowest BCUT2D eigenvalue weighted by Gasteiger charge is -2.39. The van der Waals surface area contributed by atoms with Gasteiger partial charge in [-0.15, -0.1) is 5.10 Å². The lowest BCUT2D eigenvalue weighted by molar-refractivity contribution is -0.160. The number of hydrogen-bond acceptors (Lipinski definition) is 7. The molecule has 214 valence electrons. The van der Waals surface area contributed by atoms with Crippen molar-refractivity contribution in [3.63, 3.8) is 0 Å². The van der Waals surface area contributed by atoms with Crippen LogP contribution in [0, 0.1) is 12.3 Å². The molecule has 40 heavy (non-hydrogen) atoms. The molecule has 10 heteroatoms. The van der Waals surface area contributed by atoms with Crippen molar-refractivity contribution in [3.8, 4) is 0 Å². The predicted molar refractivity (Wildman–Crippen MR) is 152 cm³/mol. The Morgan fingerprint density at radius 1 is 1.20 bits per heavy atom. The molecule has 1 amide bonds. The Morgan fingerprint density at radius 2 is 1.88 bits per heavy atom. The van der Waals surface area contributed by atoms with Crippen molar-refractivity contribution in [2.75, 3.05) is 29.4 Å². The van der Waals surface area contributed by atoms with Crippen LogP contribution in [0.15, 0.2) is 36.4 Å². The van der Waals surface area contributed by atoms with Crippen molar-refractivity contribution in [1.29, 1.82) is 0 Å². The van der Waals surface area contributed by atoms with Crippen LogP contribution in [-0.2, 0) is 20.7 Å². The summed E-state index contributed by atoms with van der Waals surface area (Å²) in [7, 11) is 0. The molecule has 0 aliphatic carbocycles. The number of aliphatic carboxylic acids is 1. The van der Waals surface area contributed by atoms with E-state index in [1.54, 1.807) is 17.5 Å². The van der Waals surface area contributed by atoms with E-state index in [9.17, 15) is 14.7 Å². The van der Waals surface area contributed by atoms with Crippen LogP contribution in [0.2, 0.25) is 0 Å². The molecule has 2 unspecified atom stereocenters. The van der Waals surface area contributed by atoms with Crippen LogP contribution < -0.4 is 9.80 Å². The highest BCUT2D eigenvalue weighted by Gasteiger charge is 2.38. The Morgan fingerprint density at radius 3 is 2.50 bits per heavy atom. The van der Waals surface area contributed by atoms with Gasteiger partial charge in [0.15, 0.2) is 17.6 Å². The summed E-state index contributed by atoms with van der Waals surface area (Å²) >= 11 is 0. The van der Waals surface area contributed by atoms with Crippen molar-refractivity contribution >= 4 is 29.3 Å². The SMILES string of the molecule is Cc1nc2cc(N3CC(Cc4ccccc4)OC3=O)nn2c(N2CCC(C)(C)CC2)c1C(OC(C)(C)C)C(=O)O. The molecule has 2 aromatic heterocycles. The van der Waals surface area contributed by atoms with Crippen LogP contribution in [0.1, 0.15) is 70.4 Å². The van der Waals surface area contributed by atoms with Gasteiger partial charge in [0.1, 0.15) is 11.9 Å². The predicted octanol–water partition coefficient (Wildman–Crippen LogP) is 5.17. The molecule has 0 radical (unpaired) electrons. The number of fused-ring (bicyclic) bond motifs is 1. The van der Waals surface area contributed by atoms with Crippen LogP contribution in [0.4, 0.5) is 16.4 Å². The van der Waals surface area contributed by atoms with E-state index in [2.05, 4.69) is 18.7 Å². The van der Waals surface area contributed by atoms with Crippen LogP contribution in [0.5, 0.6) is 0 Å². The number of carbonyl (C=O) groups excluding carboxylic acids is 1. The molecule has 0 spiro atoms. The highest BCUT2D eigenvalue weighted by molar-refractivity contribution is 5.89. The van der Waals surface area contributed by atoms with Gasteiger partial charge in [0, 0.05) is 31.3 Å². The highest BCUT2D eigenvalue weighted by atomic mass is 16.6. The number of carboxylic acid groups (broad SMARTS) is 1. The maximum atomic E-state index is 12.9. The lowest BCUT2D eigenvalue weighted by atomic mass is 9.82. The minimum absolute atomic E-state index is 0.189. The van der Waals surface area contributed by atoms with Crippen LogP contribution in [-0.4, -0.2) is 63.1 Å². The van der Waals surface area contributed by atoms with Gasteiger partial charge < -0.3 is 19.5 Å². The molecule has 2 aliphatic rings. The summed E-state index contributed by atoms with van der Waals surface area (Å²) in [6.07, 6.45) is 0.507. The number of hydrogen-bond donors (Lipinski definition) is 1. The molecule has 4 heterocycles. The number of carboxylic acids is 1. The molecule has 2 saturated heterocycles. The molecule has 0 bridgehead atoms. The maximum absolute atomic E-state index is 12.9. The van der Waals surface area contributed by atoms with E-state index in [1.165, 1.54) is 4.90 Å². The van der Waals surface area contributed by atoms with E-state index in [1.807, 2.05) is 51.1 Å². The Balaban J connectivity index is 1.56. The molecule has 10 nitrogen and oxygen atoms in total. The van der Waals surface area contributed by atoms with E-state index in [4.69, 9.17) is 19.6 Å². The molecule has 0 saturated carbocycles. The Labute approximate surface area is 234 Å². The topological polar surface area (TPSA) is 110 Å². The second kappa shape index (κ2) is 10.4. The van der Waals surface area contributed by atoms with Crippen molar-refractivity contribution in [3.05, 3.63) is 53.2 Å². The van der Waals surface area contributed by atoms with E-state index in [0.29, 0.717) is 41.5 Å². The van der Waals surface area contributed by atoms with Crippen molar-refractivity contribution in [1.82, 2.24) is 14.6 Å². The summed E-state index contributed by atoms with van der Waals surface area (Å²) in [6, 6.07) is 11.7. The zero-order valence-electron chi connectivity index (χ0n) is 24.2. The number of aromatic nitrogens is 3. The van der Waals surface area contributed by atoms with Gasteiger partial charge in [0.25, 0.3) is 0 Å². The third-order valence-corrected chi connectivity index (χ3v) is 7.62. The van der Waals surface area contributed by atoms with E-state index >= 15 is 0 Å². The van der Waals surface area contributed by atoms with E-state index < -0.39 is 23.8 Å². The number of rotatable bonds is 7. The zero-order chi connectivity index (χ0) is 28.8. The van der Waals surface area contributed by atoms with Gasteiger partial charge in [-0.2, -0.15) is 4.52 Å². The number of carbonyl (C=O) groups is 2. The van der Waals surface area contributed by atoms with Crippen LogP contribution in [0.3, 0.4) is 0 Å². The smallest absolute Gasteiger partial charge is 0.416 e. The van der Waals surface area contributed by atoms with Gasteiger partial charge in [-0.3, -0.25) is 4.90 Å². The number of amides is 1. The zero-order valence-corrected chi connectivity index (χ0v) is 24.2. The molecule has 5 rings (SSSR count). The summed E-state index contributed by atoms with van der Waals surface area (Å²) < 4.78 is 13.4. The number of ether oxygens (including phenoxy) is 2. The molecule has 3 aromatic rings. The Hall–Kier alpha value is -3.66. The molecule has 2 fully saturated rings. The molecule has 1 aromatic carbocycles. The first-order chi connectivity index (χ1) is 18.8. The van der Waals surface area contributed by atoms with Crippen LogP contribution >= 0.6 is 0 Å². The third kappa shape index (κ3) is 5.77. The number of aryl methyl sites for hydroxylation is 1. The van der Waals surface area contributed by atoms with Gasteiger partial charge in [-0.1, -0.05) is 44.2 Å². The molecule has 1 N–H and O–H groups in total. The van der Waals surface area contributed by atoms with E-state index in [0.717, 1.165) is 31.5 Å². The summed E-state index contributed by atoms with van der Waals surface area (Å²) in [6.45, 7) is 13.7. The summed E-state index contributed by atoms with van der Waals surface area (Å²) in [5.41, 5.74) is 2.15. The average Bonchev–Trinajstić information content (AvgIpc) is 3.44. The minimum atomic E-state index is -1.23. The fourth-order valence-electron chi connectivity index (χ4n) is 5.45. The lowest BCUT2D eigenvalue weighted by Crippen LogP contribution is -2.40. The van der Waals surface area contributed by atoms with Gasteiger partial charge >= 0.3 is 12.1 Å². The standard InChI is InChI=1S/C30H39N5O5/c1-19-24(25(27(36)37)40-29(2,3)4)26(33-14-12-30(5,6)13-15-33)35-22(31-19)17-23(32-35)34-18-21(39-28(34)38)16-20-10-8-7-9-11-20/h7-11,17,21,25H,12-16,18H2,1-6H3,(H,36,37). The first-order valence-electron chi connectivity index (χ1n) is 13.9. The molecule has 2 aliphatic heterocycles. The van der Waals surface area contributed by atoms with Gasteiger partial charge in [-0.25, -0.2) is 14.6 Å². The number of piperidine rings is 1. The highest BCUT2D eigenvalue weighted by Crippen LogP contribution is 2.39. The number of cyclic esters (lactones) is 1. The van der Waals surface area contributed by atoms with Crippen molar-refractivity contribution in [2.45, 2.75) is 78.6 Å². The molecular formula is C30H39N5O5. The monoisotopic (exact) mass is 549 g/mol. The third-order valence-electron chi connectivity index (χ3n) is 7.62. The van der Waals surface area contributed by atoms with Crippen LogP contribution in [0.25, 0.3) is 5.65 Å². The first-order valence-corrected chi connectivity index (χ1v) is 13.9. The van der Waals surface area contributed by atoms with Gasteiger partial charge in [0.05, 0.1) is 17.7 Å². The maximum Gasteiger partial charge on any atom is 0.416 e. The van der Waals surface area contributed by atoms with E-state index in [-0.39, 0.29) is 11.5 Å². The van der Waals surface area contributed by atoms with Gasteiger partial charge in [-0.05, 0) is 51.5 Å². The molecular weight excluding hydrogens is 510 g/mol. The average molecular weight is 550 g/mol. The minimum Gasteiger partial charge on any atom is -0.479 e. The van der Waals surface area contributed by atoms with Crippen molar-refractivity contribution in [2.24, 2.45) is 5.41 Å². The Bertz CT molecular complexity index is 1400. The number of benzene rings is 1. The first kappa shape index (κ1) is 27.9. The largest absolute Gasteiger partial charge is 0.479 e. The second-order valence-electron chi connectivity index (χ2n) is 12.6. The quantitative estimate of drug-likeness (QED) is 0.430. The van der Waals surface area contributed by atoms with Gasteiger partial charge in [0.2, 0.25) is 0 Å². The fourth-order valence-corrected chi connectivity index (χ4v) is 5.45. The Kier molecular flexibility index (Phi) is 7.24. The van der Waals surface area contributed by atoms with Crippen molar-refractivity contribution < 1.29 is 24.2 Å².